The van der Waals surface area contributed by atoms with Crippen molar-refractivity contribution in [3.05, 3.63) is 35.9 Å². The molecule has 0 N–H and O–H groups in total. The van der Waals surface area contributed by atoms with Crippen molar-refractivity contribution in [3.8, 4) is 0 Å². The van der Waals surface area contributed by atoms with E-state index in [4.69, 9.17) is 0 Å². The Morgan fingerprint density at radius 1 is 1.31 bits per heavy atom. The van der Waals surface area contributed by atoms with E-state index in [0.29, 0.717) is 5.92 Å². The molecule has 0 spiro atoms. The molecule has 1 aromatic carbocycles. The van der Waals surface area contributed by atoms with Gasteiger partial charge in [0, 0.05) is 5.41 Å². The van der Waals surface area contributed by atoms with E-state index in [2.05, 4.69) is 31.2 Å². The summed E-state index contributed by atoms with van der Waals surface area (Å²) in [4.78, 5) is 11.5. The van der Waals surface area contributed by atoms with Crippen LogP contribution in [0, 0.1) is 11.3 Å². The Hall–Kier alpha value is -1.11. The van der Waals surface area contributed by atoms with Crippen molar-refractivity contribution in [1.82, 2.24) is 0 Å². The third-order valence-corrected chi connectivity index (χ3v) is 4.12. The van der Waals surface area contributed by atoms with Crippen molar-refractivity contribution in [1.29, 1.82) is 0 Å². The first-order valence-electron chi connectivity index (χ1n) is 6.27. The van der Waals surface area contributed by atoms with Crippen LogP contribution in [0.2, 0.25) is 0 Å². The lowest BCUT2D eigenvalue weighted by Crippen LogP contribution is -2.35. The molecule has 1 aliphatic carbocycles. The number of aldehydes is 1. The van der Waals surface area contributed by atoms with Gasteiger partial charge in [0.1, 0.15) is 6.29 Å². The van der Waals surface area contributed by atoms with Gasteiger partial charge in [0.25, 0.3) is 0 Å². The highest BCUT2D eigenvalue weighted by atomic mass is 16.1. The first kappa shape index (κ1) is 11.4. The molecule has 0 radical (unpaired) electrons. The van der Waals surface area contributed by atoms with Crippen molar-refractivity contribution in [2.75, 3.05) is 0 Å². The second-order valence-corrected chi connectivity index (χ2v) is 5.16. The normalized spacial score (nSPS) is 29.9. The highest BCUT2D eigenvalue weighted by Gasteiger charge is 2.37. The summed E-state index contributed by atoms with van der Waals surface area (Å²) in [6.07, 6.45) is 6.89. The maximum absolute atomic E-state index is 11.5. The van der Waals surface area contributed by atoms with E-state index in [-0.39, 0.29) is 5.41 Å². The number of carbonyl (C=O) groups excluding carboxylic acids is 1. The monoisotopic (exact) mass is 216 g/mol. The molecule has 86 valence electrons. The molecule has 1 aromatic rings. The van der Waals surface area contributed by atoms with Gasteiger partial charge in [-0.3, -0.25) is 0 Å². The first-order chi connectivity index (χ1) is 7.77. The molecular weight excluding hydrogens is 196 g/mol. The van der Waals surface area contributed by atoms with E-state index >= 15 is 0 Å². The Labute approximate surface area is 97.9 Å². The summed E-state index contributed by atoms with van der Waals surface area (Å²) in [6.45, 7) is 2.23. The third kappa shape index (κ3) is 2.18. The number of hydrogen-bond acceptors (Lipinski definition) is 1. The molecule has 1 aliphatic rings. The van der Waals surface area contributed by atoms with Crippen LogP contribution < -0.4 is 0 Å². The predicted molar refractivity (Wildman–Crippen MR) is 66.3 cm³/mol. The average Bonchev–Trinajstić information content (AvgIpc) is 2.34. The smallest absolute Gasteiger partial charge is 0.126 e. The molecule has 2 atom stereocenters. The van der Waals surface area contributed by atoms with Gasteiger partial charge < -0.3 is 4.79 Å². The lowest BCUT2D eigenvalue weighted by molar-refractivity contribution is -0.120. The summed E-state index contributed by atoms with van der Waals surface area (Å²) in [6, 6.07) is 10.4. The van der Waals surface area contributed by atoms with Gasteiger partial charge in [0.15, 0.2) is 0 Å². The fourth-order valence-corrected chi connectivity index (χ4v) is 2.89. The molecule has 0 amide bonds. The van der Waals surface area contributed by atoms with Gasteiger partial charge >= 0.3 is 0 Å². The third-order valence-electron chi connectivity index (χ3n) is 4.12. The number of benzene rings is 1. The van der Waals surface area contributed by atoms with Gasteiger partial charge in [-0.2, -0.15) is 0 Å². The molecule has 0 aromatic heterocycles. The molecule has 16 heavy (non-hydrogen) atoms. The molecule has 0 aliphatic heterocycles. The lowest BCUT2D eigenvalue weighted by atomic mass is 9.65. The molecule has 1 nitrogen and oxygen atoms in total. The zero-order valence-corrected chi connectivity index (χ0v) is 9.99. The molecule has 1 heteroatoms. The summed E-state index contributed by atoms with van der Waals surface area (Å²) >= 11 is 0. The summed E-state index contributed by atoms with van der Waals surface area (Å²) in [5.74, 6) is 0.527. The van der Waals surface area contributed by atoms with Crippen LogP contribution in [0.5, 0.6) is 0 Å². The maximum Gasteiger partial charge on any atom is 0.126 e. The highest BCUT2D eigenvalue weighted by molar-refractivity contribution is 5.61. The molecule has 2 unspecified atom stereocenters. The van der Waals surface area contributed by atoms with Crippen LogP contribution in [0.15, 0.2) is 30.3 Å². The predicted octanol–water partition coefficient (Wildman–Crippen LogP) is 3.62. The lowest BCUT2D eigenvalue weighted by Gasteiger charge is -2.38. The molecular formula is C15H20O. The Balaban J connectivity index is 2.18. The fraction of sp³-hybridized carbons (Fsp3) is 0.533. The van der Waals surface area contributed by atoms with Crippen LogP contribution in [0.4, 0.5) is 0 Å². The van der Waals surface area contributed by atoms with E-state index in [1.54, 1.807) is 0 Å². The summed E-state index contributed by atoms with van der Waals surface area (Å²) in [5, 5.41) is 0. The molecule has 0 heterocycles. The van der Waals surface area contributed by atoms with Gasteiger partial charge in [0.05, 0.1) is 0 Å². The topological polar surface area (TPSA) is 17.1 Å². The number of carbonyl (C=O) groups is 1. The van der Waals surface area contributed by atoms with E-state index in [0.717, 1.165) is 12.8 Å². The van der Waals surface area contributed by atoms with E-state index < -0.39 is 0 Å². The minimum absolute atomic E-state index is 0.0976. The minimum atomic E-state index is -0.0976. The van der Waals surface area contributed by atoms with Crippen LogP contribution in [-0.4, -0.2) is 6.29 Å². The summed E-state index contributed by atoms with van der Waals surface area (Å²) in [7, 11) is 0. The van der Waals surface area contributed by atoms with Crippen molar-refractivity contribution >= 4 is 6.29 Å². The van der Waals surface area contributed by atoms with Crippen LogP contribution in [0.3, 0.4) is 0 Å². The van der Waals surface area contributed by atoms with Gasteiger partial charge in [0.2, 0.25) is 0 Å². The number of hydrogen-bond donors (Lipinski definition) is 0. The van der Waals surface area contributed by atoms with Gasteiger partial charge in [-0.25, -0.2) is 0 Å². The number of rotatable bonds is 3. The van der Waals surface area contributed by atoms with Crippen LogP contribution in [-0.2, 0) is 11.2 Å². The van der Waals surface area contributed by atoms with Crippen molar-refractivity contribution < 1.29 is 4.79 Å². The maximum atomic E-state index is 11.5. The Morgan fingerprint density at radius 2 is 2.06 bits per heavy atom. The van der Waals surface area contributed by atoms with Crippen molar-refractivity contribution in [2.24, 2.45) is 11.3 Å². The first-order valence-corrected chi connectivity index (χ1v) is 6.27. The van der Waals surface area contributed by atoms with Crippen molar-refractivity contribution in [2.45, 2.75) is 39.0 Å². The van der Waals surface area contributed by atoms with Crippen LogP contribution >= 0.6 is 0 Å². The second kappa shape index (κ2) is 4.82. The average molecular weight is 216 g/mol. The van der Waals surface area contributed by atoms with E-state index in [1.807, 2.05) is 6.07 Å². The molecule has 2 rings (SSSR count). The van der Waals surface area contributed by atoms with E-state index in [1.165, 1.54) is 31.1 Å². The second-order valence-electron chi connectivity index (χ2n) is 5.16. The zero-order chi connectivity index (χ0) is 11.4. The standard InChI is InChI=1S/C15H20O/c1-13-7-5-6-10-15(13,12-16)11-14-8-3-2-4-9-14/h2-4,8-9,12-13H,5-7,10-11H2,1H3. The Bertz CT molecular complexity index is 344. The van der Waals surface area contributed by atoms with Gasteiger partial charge in [-0.15, -0.1) is 0 Å². The Morgan fingerprint density at radius 3 is 2.69 bits per heavy atom. The van der Waals surface area contributed by atoms with Gasteiger partial charge in [-0.1, -0.05) is 50.1 Å². The zero-order valence-electron chi connectivity index (χ0n) is 9.99. The van der Waals surface area contributed by atoms with Crippen LogP contribution in [0.1, 0.15) is 38.2 Å². The SMILES string of the molecule is CC1CCCCC1(C=O)Cc1ccccc1. The molecule has 1 saturated carbocycles. The van der Waals surface area contributed by atoms with Crippen molar-refractivity contribution in [3.63, 3.8) is 0 Å². The highest BCUT2D eigenvalue weighted by Crippen LogP contribution is 2.41. The quantitative estimate of drug-likeness (QED) is 0.705. The largest absolute Gasteiger partial charge is 0.303 e. The summed E-state index contributed by atoms with van der Waals surface area (Å²) in [5.41, 5.74) is 1.20. The van der Waals surface area contributed by atoms with Gasteiger partial charge in [-0.05, 0) is 30.7 Å². The molecule has 1 fully saturated rings. The molecule has 0 saturated heterocycles. The van der Waals surface area contributed by atoms with E-state index in [9.17, 15) is 4.79 Å². The summed E-state index contributed by atoms with van der Waals surface area (Å²) < 4.78 is 0. The van der Waals surface area contributed by atoms with Crippen LogP contribution in [0.25, 0.3) is 0 Å². The Kier molecular flexibility index (Phi) is 3.42. The minimum Gasteiger partial charge on any atom is -0.303 e. The molecule has 0 bridgehead atoms. The fourth-order valence-electron chi connectivity index (χ4n) is 2.89.